The topological polar surface area (TPSA) is 86.7 Å². The molecule has 2 amide bonds. The molecule has 1 heterocycles. The quantitative estimate of drug-likeness (QED) is 0.851. The molecule has 0 radical (unpaired) electrons. The SMILES string of the molecule is CC(=O)NC(CC(=O)N1CCc2ccc(C(=O)O)cc2C1)c1ccccc1. The van der Waals surface area contributed by atoms with Crippen LogP contribution in [0.5, 0.6) is 0 Å². The Morgan fingerprint density at radius 2 is 1.85 bits per heavy atom. The minimum Gasteiger partial charge on any atom is -0.478 e. The Morgan fingerprint density at radius 1 is 1.11 bits per heavy atom. The van der Waals surface area contributed by atoms with Crippen molar-refractivity contribution in [2.45, 2.75) is 32.4 Å². The number of benzene rings is 2. The number of carbonyl (C=O) groups excluding carboxylic acids is 2. The summed E-state index contributed by atoms with van der Waals surface area (Å²) in [5.74, 6) is -1.23. The number of carboxylic acid groups (broad SMARTS) is 1. The second-order valence-electron chi connectivity index (χ2n) is 6.72. The number of nitrogens with zero attached hydrogens (tertiary/aromatic N) is 1. The molecule has 0 spiro atoms. The Balaban J connectivity index is 1.74. The first kappa shape index (κ1) is 18.6. The van der Waals surface area contributed by atoms with Crippen molar-refractivity contribution in [3.63, 3.8) is 0 Å². The molecule has 0 aromatic heterocycles. The summed E-state index contributed by atoms with van der Waals surface area (Å²) in [7, 11) is 0. The fourth-order valence-electron chi connectivity index (χ4n) is 3.39. The highest BCUT2D eigenvalue weighted by Crippen LogP contribution is 2.24. The van der Waals surface area contributed by atoms with Crippen LogP contribution in [0.1, 0.15) is 46.4 Å². The van der Waals surface area contributed by atoms with Crippen LogP contribution in [0.3, 0.4) is 0 Å². The van der Waals surface area contributed by atoms with Crippen LogP contribution >= 0.6 is 0 Å². The normalized spacial score (nSPS) is 14.2. The van der Waals surface area contributed by atoms with Gasteiger partial charge in [0.1, 0.15) is 0 Å². The van der Waals surface area contributed by atoms with Crippen LogP contribution in [0.4, 0.5) is 0 Å². The molecule has 6 nitrogen and oxygen atoms in total. The molecular formula is C21H22N2O4. The number of carboxylic acids is 1. The molecule has 2 N–H and O–H groups in total. The maximum Gasteiger partial charge on any atom is 0.335 e. The lowest BCUT2D eigenvalue weighted by molar-refractivity contribution is -0.133. The summed E-state index contributed by atoms with van der Waals surface area (Å²) in [4.78, 5) is 37.3. The Morgan fingerprint density at radius 3 is 2.52 bits per heavy atom. The van der Waals surface area contributed by atoms with E-state index < -0.39 is 5.97 Å². The number of hydrogen-bond donors (Lipinski definition) is 2. The maximum absolute atomic E-state index is 12.9. The van der Waals surface area contributed by atoms with Crippen molar-refractivity contribution in [2.24, 2.45) is 0 Å². The highest BCUT2D eigenvalue weighted by molar-refractivity contribution is 5.88. The van der Waals surface area contributed by atoms with Gasteiger partial charge in [-0.2, -0.15) is 0 Å². The molecule has 0 bridgehead atoms. The van der Waals surface area contributed by atoms with Crippen LogP contribution in [0.15, 0.2) is 48.5 Å². The van der Waals surface area contributed by atoms with E-state index in [9.17, 15) is 14.4 Å². The number of rotatable bonds is 5. The van der Waals surface area contributed by atoms with E-state index in [4.69, 9.17) is 5.11 Å². The molecule has 3 rings (SSSR count). The van der Waals surface area contributed by atoms with Crippen LogP contribution in [0, 0.1) is 0 Å². The molecule has 1 atom stereocenters. The highest BCUT2D eigenvalue weighted by Gasteiger charge is 2.25. The molecule has 2 aromatic rings. The molecule has 0 aliphatic carbocycles. The van der Waals surface area contributed by atoms with Gasteiger partial charge in [0, 0.05) is 20.0 Å². The summed E-state index contributed by atoms with van der Waals surface area (Å²) in [5.41, 5.74) is 3.05. The van der Waals surface area contributed by atoms with Gasteiger partial charge in [-0.1, -0.05) is 36.4 Å². The van der Waals surface area contributed by atoms with Crippen molar-refractivity contribution >= 4 is 17.8 Å². The molecule has 1 unspecified atom stereocenters. The van der Waals surface area contributed by atoms with E-state index in [1.807, 2.05) is 36.4 Å². The van der Waals surface area contributed by atoms with Crippen LogP contribution in [0.2, 0.25) is 0 Å². The minimum atomic E-state index is -0.976. The molecule has 0 saturated carbocycles. The van der Waals surface area contributed by atoms with Crippen molar-refractivity contribution in [3.05, 3.63) is 70.8 Å². The van der Waals surface area contributed by atoms with E-state index in [-0.39, 0.29) is 29.8 Å². The number of amides is 2. The van der Waals surface area contributed by atoms with E-state index >= 15 is 0 Å². The van der Waals surface area contributed by atoms with Gasteiger partial charge in [-0.05, 0) is 35.2 Å². The van der Waals surface area contributed by atoms with E-state index in [0.717, 1.165) is 16.7 Å². The zero-order valence-corrected chi connectivity index (χ0v) is 15.1. The van der Waals surface area contributed by atoms with E-state index in [2.05, 4.69) is 5.32 Å². The average molecular weight is 366 g/mol. The monoisotopic (exact) mass is 366 g/mol. The predicted molar refractivity (Wildman–Crippen MR) is 100 cm³/mol. The summed E-state index contributed by atoms with van der Waals surface area (Å²) in [6.07, 6.45) is 0.856. The van der Waals surface area contributed by atoms with Gasteiger partial charge in [0.25, 0.3) is 0 Å². The lowest BCUT2D eigenvalue weighted by Crippen LogP contribution is -2.39. The Hall–Kier alpha value is -3.15. The predicted octanol–water partition coefficient (Wildman–Crippen LogP) is 2.54. The van der Waals surface area contributed by atoms with Crippen molar-refractivity contribution in [3.8, 4) is 0 Å². The smallest absolute Gasteiger partial charge is 0.335 e. The van der Waals surface area contributed by atoms with Crippen LogP contribution in [0.25, 0.3) is 0 Å². The van der Waals surface area contributed by atoms with Crippen LogP contribution in [-0.2, 0) is 22.6 Å². The molecule has 27 heavy (non-hydrogen) atoms. The van der Waals surface area contributed by atoms with Crippen LogP contribution < -0.4 is 5.32 Å². The van der Waals surface area contributed by atoms with Gasteiger partial charge < -0.3 is 15.3 Å². The van der Waals surface area contributed by atoms with Crippen molar-refractivity contribution < 1.29 is 19.5 Å². The lowest BCUT2D eigenvalue weighted by Gasteiger charge is -2.30. The third-order valence-corrected chi connectivity index (χ3v) is 4.78. The lowest BCUT2D eigenvalue weighted by atomic mass is 9.96. The summed E-state index contributed by atoms with van der Waals surface area (Å²) >= 11 is 0. The summed E-state index contributed by atoms with van der Waals surface area (Å²) < 4.78 is 0. The summed E-state index contributed by atoms with van der Waals surface area (Å²) in [5, 5.41) is 12.0. The third-order valence-electron chi connectivity index (χ3n) is 4.78. The standard InChI is InChI=1S/C21H22N2O4/c1-14(24)22-19(16-5-3-2-4-6-16)12-20(25)23-10-9-15-7-8-17(21(26)27)11-18(15)13-23/h2-8,11,19H,9-10,12-13H2,1H3,(H,22,24)(H,26,27). The molecule has 1 aliphatic heterocycles. The number of fused-ring (bicyclic) bond motifs is 1. The summed E-state index contributed by atoms with van der Waals surface area (Å²) in [6.45, 7) is 2.40. The maximum atomic E-state index is 12.9. The Kier molecular flexibility index (Phi) is 5.54. The van der Waals surface area contributed by atoms with E-state index in [0.29, 0.717) is 19.5 Å². The third kappa shape index (κ3) is 4.53. The van der Waals surface area contributed by atoms with Gasteiger partial charge >= 0.3 is 5.97 Å². The number of hydrogen-bond acceptors (Lipinski definition) is 3. The van der Waals surface area contributed by atoms with Gasteiger partial charge in [0.2, 0.25) is 11.8 Å². The van der Waals surface area contributed by atoms with E-state index in [1.54, 1.807) is 17.0 Å². The van der Waals surface area contributed by atoms with Crippen molar-refractivity contribution in [1.29, 1.82) is 0 Å². The second-order valence-corrected chi connectivity index (χ2v) is 6.72. The second kappa shape index (κ2) is 8.03. The van der Waals surface area contributed by atoms with E-state index in [1.165, 1.54) is 6.92 Å². The molecule has 140 valence electrons. The molecule has 1 aliphatic rings. The van der Waals surface area contributed by atoms with Crippen molar-refractivity contribution in [2.75, 3.05) is 6.54 Å². The fraction of sp³-hybridized carbons (Fsp3) is 0.286. The molecule has 0 saturated heterocycles. The largest absolute Gasteiger partial charge is 0.478 e. The number of carbonyl (C=O) groups is 3. The first-order valence-electron chi connectivity index (χ1n) is 8.89. The highest BCUT2D eigenvalue weighted by atomic mass is 16.4. The van der Waals surface area contributed by atoms with Crippen molar-refractivity contribution in [1.82, 2.24) is 10.2 Å². The van der Waals surface area contributed by atoms with Gasteiger partial charge in [-0.15, -0.1) is 0 Å². The Labute approximate surface area is 157 Å². The molecule has 6 heteroatoms. The first-order chi connectivity index (χ1) is 12.9. The van der Waals surface area contributed by atoms with Gasteiger partial charge in [-0.25, -0.2) is 4.79 Å². The molecule has 2 aromatic carbocycles. The minimum absolute atomic E-state index is 0.0658. The van der Waals surface area contributed by atoms with Gasteiger partial charge in [0.15, 0.2) is 0 Å². The summed E-state index contributed by atoms with van der Waals surface area (Å²) in [6, 6.07) is 14.1. The number of aromatic carboxylic acids is 1. The van der Waals surface area contributed by atoms with Gasteiger partial charge in [0.05, 0.1) is 18.0 Å². The van der Waals surface area contributed by atoms with Crippen LogP contribution in [-0.4, -0.2) is 34.3 Å². The molecular weight excluding hydrogens is 344 g/mol. The number of nitrogens with one attached hydrogen (secondary N) is 1. The zero-order valence-electron chi connectivity index (χ0n) is 15.1. The fourth-order valence-corrected chi connectivity index (χ4v) is 3.39. The van der Waals surface area contributed by atoms with Gasteiger partial charge in [-0.3, -0.25) is 9.59 Å². The average Bonchev–Trinajstić information content (AvgIpc) is 2.66. The molecule has 0 fully saturated rings. The zero-order chi connectivity index (χ0) is 19.4. The Bertz CT molecular complexity index is 864. The first-order valence-corrected chi connectivity index (χ1v) is 8.89.